The average molecular weight is 173 g/mol. The molecule has 0 bridgehead atoms. The summed E-state index contributed by atoms with van der Waals surface area (Å²) in [5.74, 6) is 1.69. The molecule has 2 heterocycles. The van der Waals surface area contributed by atoms with E-state index in [1.54, 1.807) is 25.4 Å². The van der Waals surface area contributed by atoms with Crippen LogP contribution in [0.25, 0.3) is 11.6 Å². The maximum Gasteiger partial charge on any atom is 0.200 e. The van der Waals surface area contributed by atoms with Gasteiger partial charge in [-0.3, -0.25) is 0 Å². The third-order valence-electron chi connectivity index (χ3n) is 1.46. The fraction of sp³-hybridized carbons (Fsp3) is 0.125. The van der Waals surface area contributed by atoms with Crippen molar-refractivity contribution in [2.75, 3.05) is 0 Å². The highest BCUT2D eigenvalue weighted by molar-refractivity contribution is 5.40. The van der Waals surface area contributed by atoms with Crippen LogP contribution in [-0.4, -0.2) is 24.9 Å². The predicted molar refractivity (Wildman–Crippen MR) is 45.6 cm³/mol. The number of aryl methyl sites for hydroxylation is 1. The molecule has 0 unspecified atom stereocenters. The fourth-order valence-corrected chi connectivity index (χ4v) is 0.900. The molecule has 0 atom stereocenters. The van der Waals surface area contributed by atoms with Gasteiger partial charge in [-0.25, -0.2) is 24.9 Å². The summed E-state index contributed by atoms with van der Waals surface area (Å²) in [7, 11) is 0. The second-order valence-corrected chi connectivity index (χ2v) is 2.43. The van der Waals surface area contributed by atoms with Gasteiger partial charge in [0.2, 0.25) is 5.82 Å². The van der Waals surface area contributed by atoms with Crippen LogP contribution in [0.1, 0.15) is 5.82 Å². The van der Waals surface area contributed by atoms with E-state index < -0.39 is 0 Å². The third kappa shape index (κ3) is 1.64. The molecule has 64 valence electrons. The molecule has 0 saturated carbocycles. The second kappa shape index (κ2) is 3.22. The van der Waals surface area contributed by atoms with E-state index in [0.717, 1.165) is 0 Å². The standard InChI is InChI=1S/C8H7N5/c1-6-11-5-12-8(13-6)7-9-3-2-4-10-7/h2-5H,1H3. The van der Waals surface area contributed by atoms with E-state index in [-0.39, 0.29) is 0 Å². The van der Waals surface area contributed by atoms with Crippen LogP contribution in [0.3, 0.4) is 0 Å². The van der Waals surface area contributed by atoms with Crippen LogP contribution in [-0.2, 0) is 0 Å². The Kier molecular flexibility index (Phi) is 1.91. The molecule has 0 aliphatic rings. The van der Waals surface area contributed by atoms with Crippen LogP contribution >= 0.6 is 0 Å². The van der Waals surface area contributed by atoms with Gasteiger partial charge in [-0.15, -0.1) is 0 Å². The van der Waals surface area contributed by atoms with Gasteiger partial charge in [0.25, 0.3) is 0 Å². The van der Waals surface area contributed by atoms with Gasteiger partial charge in [0, 0.05) is 12.4 Å². The Bertz CT molecular complexity index is 400. The zero-order valence-corrected chi connectivity index (χ0v) is 7.05. The first-order valence-electron chi connectivity index (χ1n) is 3.79. The quantitative estimate of drug-likeness (QED) is 0.633. The van der Waals surface area contributed by atoms with Crippen molar-refractivity contribution in [3.8, 4) is 11.6 Å². The minimum absolute atomic E-state index is 0.508. The molecule has 2 aromatic rings. The van der Waals surface area contributed by atoms with Gasteiger partial charge in [-0.2, -0.15) is 0 Å². The first-order valence-corrected chi connectivity index (χ1v) is 3.79. The van der Waals surface area contributed by atoms with Gasteiger partial charge >= 0.3 is 0 Å². The van der Waals surface area contributed by atoms with Crippen molar-refractivity contribution >= 4 is 0 Å². The minimum Gasteiger partial charge on any atom is -0.234 e. The lowest BCUT2D eigenvalue weighted by molar-refractivity contribution is 0.960. The second-order valence-electron chi connectivity index (χ2n) is 2.43. The molecule has 0 saturated heterocycles. The predicted octanol–water partition coefficient (Wildman–Crippen LogP) is 0.637. The lowest BCUT2D eigenvalue weighted by Gasteiger charge is -1.96. The smallest absolute Gasteiger partial charge is 0.200 e. The van der Waals surface area contributed by atoms with Crippen LogP contribution in [0.15, 0.2) is 24.8 Å². The summed E-state index contributed by atoms with van der Waals surface area (Å²) in [6.45, 7) is 1.80. The van der Waals surface area contributed by atoms with Crippen molar-refractivity contribution in [1.29, 1.82) is 0 Å². The Morgan fingerprint density at radius 2 is 1.69 bits per heavy atom. The normalized spacial score (nSPS) is 9.92. The Labute approximate surface area is 75.0 Å². The Balaban J connectivity index is 2.48. The first-order chi connectivity index (χ1) is 6.36. The summed E-state index contributed by atoms with van der Waals surface area (Å²) in [6.07, 6.45) is 4.76. The van der Waals surface area contributed by atoms with Crippen molar-refractivity contribution in [2.24, 2.45) is 0 Å². The topological polar surface area (TPSA) is 64.5 Å². The van der Waals surface area contributed by atoms with E-state index in [9.17, 15) is 0 Å². The third-order valence-corrected chi connectivity index (χ3v) is 1.46. The highest BCUT2D eigenvalue weighted by Gasteiger charge is 2.02. The molecule has 0 aliphatic heterocycles. The van der Waals surface area contributed by atoms with E-state index in [4.69, 9.17) is 0 Å². The zero-order chi connectivity index (χ0) is 9.10. The molecule has 0 fully saturated rings. The van der Waals surface area contributed by atoms with Crippen molar-refractivity contribution < 1.29 is 0 Å². The van der Waals surface area contributed by atoms with Gasteiger partial charge in [0.05, 0.1) is 0 Å². The molecule has 0 amide bonds. The summed E-state index contributed by atoms with van der Waals surface area (Å²) < 4.78 is 0. The number of hydrogen-bond acceptors (Lipinski definition) is 5. The monoisotopic (exact) mass is 173 g/mol. The van der Waals surface area contributed by atoms with Gasteiger partial charge < -0.3 is 0 Å². The maximum atomic E-state index is 4.10. The zero-order valence-electron chi connectivity index (χ0n) is 7.05. The van der Waals surface area contributed by atoms with Gasteiger partial charge in [-0.1, -0.05) is 0 Å². The summed E-state index contributed by atoms with van der Waals surface area (Å²) in [5.41, 5.74) is 0. The Morgan fingerprint density at radius 1 is 0.923 bits per heavy atom. The van der Waals surface area contributed by atoms with Gasteiger partial charge in [-0.05, 0) is 13.0 Å². The molecular weight excluding hydrogens is 166 g/mol. The van der Waals surface area contributed by atoms with E-state index in [0.29, 0.717) is 17.5 Å². The van der Waals surface area contributed by atoms with E-state index in [2.05, 4.69) is 24.9 Å². The lowest BCUT2D eigenvalue weighted by Crippen LogP contribution is -1.97. The van der Waals surface area contributed by atoms with Crippen molar-refractivity contribution in [1.82, 2.24) is 24.9 Å². The number of rotatable bonds is 1. The fourth-order valence-electron chi connectivity index (χ4n) is 0.900. The summed E-state index contributed by atoms with van der Waals surface area (Å²) in [4.78, 5) is 20.0. The molecule has 0 aromatic carbocycles. The first kappa shape index (κ1) is 7.72. The molecule has 0 radical (unpaired) electrons. The number of nitrogens with zero attached hydrogens (tertiary/aromatic N) is 5. The van der Waals surface area contributed by atoms with Crippen LogP contribution < -0.4 is 0 Å². The molecule has 0 N–H and O–H groups in total. The van der Waals surface area contributed by atoms with E-state index in [1.807, 2.05) is 0 Å². The lowest BCUT2D eigenvalue weighted by atomic mass is 10.5. The average Bonchev–Trinajstić information content (AvgIpc) is 2.19. The van der Waals surface area contributed by atoms with E-state index in [1.165, 1.54) is 6.33 Å². The maximum absolute atomic E-state index is 4.10. The molecule has 5 nitrogen and oxygen atoms in total. The summed E-state index contributed by atoms with van der Waals surface area (Å²) in [6, 6.07) is 1.75. The van der Waals surface area contributed by atoms with Crippen molar-refractivity contribution in [3.05, 3.63) is 30.6 Å². The molecule has 0 spiro atoms. The molecule has 13 heavy (non-hydrogen) atoms. The van der Waals surface area contributed by atoms with Crippen molar-refractivity contribution in [3.63, 3.8) is 0 Å². The number of hydrogen-bond donors (Lipinski definition) is 0. The van der Waals surface area contributed by atoms with Crippen molar-refractivity contribution in [2.45, 2.75) is 6.92 Å². The highest BCUT2D eigenvalue weighted by Crippen LogP contribution is 2.04. The molecule has 5 heteroatoms. The summed E-state index contributed by atoms with van der Waals surface area (Å²) >= 11 is 0. The van der Waals surface area contributed by atoms with E-state index >= 15 is 0 Å². The SMILES string of the molecule is Cc1ncnc(-c2ncccn2)n1. The Morgan fingerprint density at radius 3 is 2.38 bits per heavy atom. The Hall–Kier alpha value is -1.91. The van der Waals surface area contributed by atoms with Crippen LogP contribution in [0.4, 0.5) is 0 Å². The highest BCUT2D eigenvalue weighted by atomic mass is 15.0. The van der Waals surface area contributed by atoms with Gasteiger partial charge in [0.15, 0.2) is 5.82 Å². The van der Waals surface area contributed by atoms with Crippen LogP contribution in [0, 0.1) is 6.92 Å². The molecule has 2 aromatic heterocycles. The van der Waals surface area contributed by atoms with Crippen LogP contribution in [0.5, 0.6) is 0 Å². The molecular formula is C8H7N5. The minimum atomic E-state index is 0.508. The molecule has 2 rings (SSSR count). The van der Waals surface area contributed by atoms with Crippen LogP contribution in [0.2, 0.25) is 0 Å². The molecule has 0 aliphatic carbocycles. The van der Waals surface area contributed by atoms with Gasteiger partial charge in [0.1, 0.15) is 12.2 Å². The largest absolute Gasteiger partial charge is 0.234 e. The number of aromatic nitrogens is 5. The summed E-state index contributed by atoms with van der Waals surface area (Å²) in [5, 5.41) is 0.